The van der Waals surface area contributed by atoms with Crippen molar-refractivity contribution in [2.45, 2.75) is 52.9 Å². The van der Waals surface area contributed by atoms with Crippen molar-refractivity contribution in [2.24, 2.45) is 11.8 Å². The first kappa shape index (κ1) is 18.7. The van der Waals surface area contributed by atoms with Crippen LogP contribution in [0.3, 0.4) is 0 Å². The summed E-state index contributed by atoms with van der Waals surface area (Å²) in [6, 6.07) is -0.111. The molecule has 118 valence electrons. The Labute approximate surface area is 122 Å². The van der Waals surface area contributed by atoms with Crippen LogP contribution in [0.4, 0.5) is 4.79 Å². The Morgan fingerprint density at radius 3 is 2.40 bits per heavy atom. The number of hydrogen-bond acceptors (Lipinski definition) is 2. The Kier molecular flexibility index (Phi) is 9.86. The molecule has 5 heteroatoms. The van der Waals surface area contributed by atoms with E-state index in [4.69, 9.17) is 5.11 Å². The second-order valence-electron chi connectivity index (χ2n) is 5.91. The molecular formula is C15H30N2O3. The predicted octanol–water partition coefficient (Wildman–Crippen LogP) is 2.96. The fourth-order valence-corrected chi connectivity index (χ4v) is 2.22. The Balaban J connectivity index is 4.11. The minimum absolute atomic E-state index is 0.000455. The zero-order valence-electron chi connectivity index (χ0n) is 13.3. The van der Waals surface area contributed by atoms with Gasteiger partial charge in [0.05, 0.1) is 0 Å². The number of unbranched alkanes of at least 4 members (excludes halogenated alkanes) is 2. The first-order valence-electron chi connectivity index (χ1n) is 7.57. The van der Waals surface area contributed by atoms with Gasteiger partial charge in [0.2, 0.25) is 0 Å². The molecule has 2 N–H and O–H groups in total. The van der Waals surface area contributed by atoms with Crippen molar-refractivity contribution in [1.82, 2.24) is 10.2 Å². The average molecular weight is 286 g/mol. The van der Waals surface area contributed by atoms with Crippen LogP contribution in [0.15, 0.2) is 0 Å². The number of urea groups is 1. The van der Waals surface area contributed by atoms with E-state index in [1.54, 1.807) is 11.9 Å². The maximum atomic E-state index is 11.9. The second kappa shape index (κ2) is 10.5. The van der Waals surface area contributed by atoms with E-state index in [1.807, 2.05) is 0 Å². The number of carbonyl (C=O) groups is 2. The van der Waals surface area contributed by atoms with E-state index in [0.29, 0.717) is 12.5 Å². The molecule has 0 aliphatic carbocycles. The lowest BCUT2D eigenvalue weighted by Gasteiger charge is -2.21. The molecule has 0 aromatic rings. The first-order chi connectivity index (χ1) is 9.36. The van der Waals surface area contributed by atoms with Crippen molar-refractivity contribution in [3.05, 3.63) is 0 Å². The third kappa shape index (κ3) is 9.64. The van der Waals surface area contributed by atoms with Crippen LogP contribution in [0.5, 0.6) is 0 Å². The molecule has 0 aliphatic heterocycles. The molecule has 0 heterocycles. The van der Waals surface area contributed by atoms with Crippen molar-refractivity contribution in [1.29, 1.82) is 0 Å². The predicted molar refractivity (Wildman–Crippen MR) is 80.8 cm³/mol. The molecule has 5 nitrogen and oxygen atoms in total. The zero-order chi connectivity index (χ0) is 15.5. The van der Waals surface area contributed by atoms with Gasteiger partial charge in [-0.3, -0.25) is 4.79 Å². The highest BCUT2D eigenvalue weighted by atomic mass is 16.4. The normalized spacial score (nSPS) is 12.2. The standard InChI is InChI=1S/C15H30N2O3/c1-5-6-7-8-17(4)15(20)16-11-13(9-12(2)3)10-14(18)19/h12-13H,5-11H2,1-4H3,(H,16,20)(H,18,19). The fraction of sp³-hybridized carbons (Fsp3) is 0.867. The number of carboxylic acids is 1. The molecule has 1 atom stereocenters. The van der Waals surface area contributed by atoms with E-state index in [0.717, 1.165) is 32.2 Å². The van der Waals surface area contributed by atoms with Gasteiger partial charge in [0.1, 0.15) is 0 Å². The maximum Gasteiger partial charge on any atom is 0.317 e. The van der Waals surface area contributed by atoms with E-state index in [2.05, 4.69) is 26.1 Å². The van der Waals surface area contributed by atoms with E-state index in [1.165, 1.54) is 0 Å². The van der Waals surface area contributed by atoms with Crippen molar-refractivity contribution in [3.8, 4) is 0 Å². The quantitative estimate of drug-likeness (QED) is 0.607. The molecular weight excluding hydrogens is 256 g/mol. The lowest BCUT2D eigenvalue weighted by molar-refractivity contribution is -0.138. The van der Waals surface area contributed by atoms with Crippen LogP contribution in [-0.2, 0) is 4.79 Å². The first-order valence-corrected chi connectivity index (χ1v) is 7.57. The maximum absolute atomic E-state index is 11.9. The molecule has 2 amide bonds. The number of hydrogen-bond donors (Lipinski definition) is 2. The highest BCUT2D eigenvalue weighted by Gasteiger charge is 2.17. The Morgan fingerprint density at radius 1 is 1.25 bits per heavy atom. The van der Waals surface area contributed by atoms with Crippen LogP contribution >= 0.6 is 0 Å². The Morgan fingerprint density at radius 2 is 1.90 bits per heavy atom. The van der Waals surface area contributed by atoms with Crippen LogP contribution in [-0.4, -0.2) is 42.1 Å². The number of rotatable bonds is 10. The largest absolute Gasteiger partial charge is 0.481 e. The van der Waals surface area contributed by atoms with Gasteiger partial charge in [-0.1, -0.05) is 33.6 Å². The third-order valence-electron chi connectivity index (χ3n) is 3.25. The van der Waals surface area contributed by atoms with Crippen LogP contribution < -0.4 is 5.32 Å². The van der Waals surface area contributed by atoms with Gasteiger partial charge in [-0.15, -0.1) is 0 Å². The van der Waals surface area contributed by atoms with Crippen molar-refractivity contribution >= 4 is 12.0 Å². The Bertz CT molecular complexity index is 293. The summed E-state index contributed by atoms with van der Waals surface area (Å²) in [6.07, 6.45) is 4.17. The van der Waals surface area contributed by atoms with E-state index < -0.39 is 5.97 Å². The summed E-state index contributed by atoms with van der Waals surface area (Å²) in [6.45, 7) is 7.43. The van der Waals surface area contributed by atoms with Crippen LogP contribution in [0.1, 0.15) is 52.9 Å². The summed E-state index contributed by atoms with van der Waals surface area (Å²) in [7, 11) is 1.78. The van der Waals surface area contributed by atoms with E-state index in [9.17, 15) is 9.59 Å². The molecule has 0 saturated heterocycles. The number of nitrogens with zero attached hydrogens (tertiary/aromatic N) is 1. The van der Waals surface area contributed by atoms with Crippen molar-refractivity contribution < 1.29 is 14.7 Å². The second-order valence-corrected chi connectivity index (χ2v) is 5.91. The summed E-state index contributed by atoms with van der Waals surface area (Å²) in [4.78, 5) is 24.4. The summed E-state index contributed by atoms with van der Waals surface area (Å²) < 4.78 is 0. The smallest absolute Gasteiger partial charge is 0.317 e. The highest BCUT2D eigenvalue weighted by Crippen LogP contribution is 2.14. The van der Waals surface area contributed by atoms with Crippen LogP contribution in [0.2, 0.25) is 0 Å². The molecule has 0 aromatic heterocycles. The molecule has 0 rings (SSSR count). The monoisotopic (exact) mass is 286 g/mol. The molecule has 20 heavy (non-hydrogen) atoms. The summed E-state index contributed by atoms with van der Waals surface area (Å²) >= 11 is 0. The van der Waals surface area contributed by atoms with Crippen LogP contribution in [0.25, 0.3) is 0 Å². The summed E-state index contributed by atoms with van der Waals surface area (Å²) in [5.41, 5.74) is 0. The fourth-order valence-electron chi connectivity index (χ4n) is 2.22. The van der Waals surface area contributed by atoms with Gasteiger partial charge in [0.15, 0.2) is 0 Å². The van der Waals surface area contributed by atoms with Gasteiger partial charge in [-0.05, 0) is 24.7 Å². The molecule has 0 bridgehead atoms. The molecule has 1 unspecified atom stereocenters. The van der Waals surface area contributed by atoms with Crippen molar-refractivity contribution in [2.75, 3.05) is 20.1 Å². The molecule has 0 radical (unpaired) electrons. The minimum Gasteiger partial charge on any atom is -0.481 e. The lowest BCUT2D eigenvalue weighted by Crippen LogP contribution is -2.40. The summed E-state index contributed by atoms with van der Waals surface area (Å²) in [5.74, 6) is -0.375. The highest BCUT2D eigenvalue weighted by molar-refractivity contribution is 5.74. The summed E-state index contributed by atoms with van der Waals surface area (Å²) in [5, 5.41) is 11.7. The number of amides is 2. The van der Waals surface area contributed by atoms with Gasteiger partial charge in [-0.2, -0.15) is 0 Å². The average Bonchev–Trinajstić information content (AvgIpc) is 2.34. The molecule has 0 saturated carbocycles. The van der Waals surface area contributed by atoms with Gasteiger partial charge < -0.3 is 15.3 Å². The molecule has 0 spiro atoms. The number of nitrogens with one attached hydrogen (secondary N) is 1. The van der Waals surface area contributed by atoms with Gasteiger partial charge in [0, 0.05) is 26.6 Å². The number of aliphatic carboxylic acids is 1. The number of carbonyl (C=O) groups excluding carboxylic acids is 1. The van der Waals surface area contributed by atoms with Gasteiger partial charge >= 0.3 is 12.0 Å². The van der Waals surface area contributed by atoms with Gasteiger partial charge in [0.25, 0.3) is 0 Å². The third-order valence-corrected chi connectivity index (χ3v) is 3.25. The molecule has 0 aromatic carbocycles. The Hall–Kier alpha value is -1.26. The zero-order valence-corrected chi connectivity index (χ0v) is 13.3. The van der Waals surface area contributed by atoms with Gasteiger partial charge in [-0.25, -0.2) is 4.79 Å². The molecule has 0 fully saturated rings. The van der Waals surface area contributed by atoms with E-state index >= 15 is 0 Å². The minimum atomic E-state index is -0.804. The van der Waals surface area contributed by atoms with E-state index in [-0.39, 0.29) is 18.4 Å². The number of carboxylic acid groups (broad SMARTS) is 1. The van der Waals surface area contributed by atoms with Crippen molar-refractivity contribution in [3.63, 3.8) is 0 Å². The topological polar surface area (TPSA) is 69.6 Å². The van der Waals surface area contributed by atoms with Crippen LogP contribution in [0, 0.1) is 11.8 Å². The SMILES string of the molecule is CCCCCN(C)C(=O)NCC(CC(=O)O)CC(C)C. The lowest BCUT2D eigenvalue weighted by atomic mass is 9.94. The molecule has 0 aliphatic rings.